The lowest BCUT2D eigenvalue weighted by Crippen LogP contribution is -2.54. The Morgan fingerprint density at radius 1 is 1.07 bits per heavy atom. The lowest BCUT2D eigenvalue weighted by molar-refractivity contribution is -0.384. The fourth-order valence-electron chi connectivity index (χ4n) is 2.65. The third-order valence-corrected chi connectivity index (χ3v) is 4.43. The summed E-state index contributed by atoms with van der Waals surface area (Å²) in [6.07, 6.45) is 1.48. The van der Waals surface area contributed by atoms with Crippen LogP contribution >= 0.6 is 12.2 Å². The number of nitro groups is 1. The third-order valence-electron chi connectivity index (χ3n) is 4.14. The van der Waals surface area contributed by atoms with E-state index >= 15 is 0 Å². The number of rotatable bonds is 4. The average molecular weight is 396 g/mol. The molecule has 0 radical (unpaired) electrons. The van der Waals surface area contributed by atoms with Crippen LogP contribution in [0.4, 0.5) is 17.1 Å². The first-order valence-electron chi connectivity index (χ1n) is 8.21. The maximum atomic E-state index is 12.9. The van der Waals surface area contributed by atoms with Crippen molar-refractivity contribution in [3.63, 3.8) is 0 Å². The number of non-ortho nitro benzene ring substituents is 1. The number of hydrogen-bond acceptors (Lipinski definition) is 6. The van der Waals surface area contributed by atoms with E-state index in [1.165, 1.54) is 30.3 Å². The number of amides is 2. The quantitative estimate of drug-likeness (QED) is 0.280. The molecule has 1 heterocycles. The van der Waals surface area contributed by atoms with Crippen LogP contribution in [0.25, 0.3) is 6.08 Å². The molecule has 0 aromatic heterocycles. The van der Waals surface area contributed by atoms with Gasteiger partial charge >= 0.3 is 0 Å². The van der Waals surface area contributed by atoms with E-state index in [1.807, 2.05) is 31.1 Å². The van der Waals surface area contributed by atoms with Gasteiger partial charge in [0.2, 0.25) is 0 Å². The highest BCUT2D eigenvalue weighted by atomic mass is 32.1. The normalized spacial score (nSPS) is 15.6. The lowest BCUT2D eigenvalue weighted by Gasteiger charge is -2.28. The summed E-state index contributed by atoms with van der Waals surface area (Å²) in [6, 6.07) is 12.7. The highest BCUT2D eigenvalue weighted by Gasteiger charge is 2.34. The summed E-state index contributed by atoms with van der Waals surface area (Å²) in [7, 11) is 3.82. The summed E-state index contributed by atoms with van der Waals surface area (Å²) in [5.41, 5.74) is 1.80. The number of carbonyl (C=O) groups is 2. The maximum absolute atomic E-state index is 12.9. The molecule has 1 aliphatic rings. The second-order valence-corrected chi connectivity index (χ2v) is 6.60. The fourth-order valence-corrected chi connectivity index (χ4v) is 2.93. The van der Waals surface area contributed by atoms with Gasteiger partial charge in [0.25, 0.3) is 17.5 Å². The van der Waals surface area contributed by atoms with Gasteiger partial charge in [-0.25, -0.2) is 0 Å². The van der Waals surface area contributed by atoms with E-state index in [-0.39, 0.29) is 16.4 Å². The zero-order valence-electron chi connectivity index (χ0n) is 15.1. The number of anilines is 2. The van der Waals surface area contributed by atoms with E-state index in [9.17, 15) is 19.7 Å². The van der Waals surface area contributed by atoms with E-state index < -0.39 is 16.7 Å². The molecule has 28 heavy (non-hydrogen) atoms. The Balaban J connectivity index is 1.94. The summed E-state index contributed by atoms with van der Waals surface area (Å²) in [5, 5.41) is 13.2. The molecule has 8 nitrogen and oxygen atoms in total. The van der Waals surface area contributed by atoms with Crippen LogP contribution in [0.1, 0.15) is 5.56 Å². The average Bonchev–Trinajstić information content (AvgIpc) is 2.65. The summed E-state index contributed by atoms with van der Waals surface area (Å²) in [5.74, 6) is -1.19. The van der Waals surface area contributed by atoms with Gasteiger partial charge in [0.1, 0.15) is 5.57 Å². The van der Waals surface area contributed by atoms with Crippen molar-refractivity contribution in [3.8, 4) is 0 Å². The second kappa shape index (κ2) is 7.57. The number of hydrogen-bond donors (Lipinski definition) is 1. The second-order valence-electron chi connectivity index (χ2n) is 6.22. The number of nitrogens with one attached hydrogen (secondary N) is 1. The van der Waals surface area contributed by atoms with Crippen LogP contribution in [0.15, 0.2) is 54.1 Å². The van der Waals surface area contributed by atoms with Gasteiger partial charge in [-0.05, 0) is 48.1 Å². The summed E-state index contributed by atoms with van der Waals surface area (Å²) < 4.78 is 0. The molecule has 0 unspecified atom stereocenters. The third kappa shape index (κ3) is 3.74. The molecule has 0 aliphatic carbocycles. The van der Waals surface area contributed by atoms with Crippen molar-refractivity contribution in [3.05, 3.63) is 69.8 Å². The molecule has 2 aromatic carbocycles. The highest BCUT2D eigenvalue weighted by molar-refractivity contribution is 7.80. The molecule has 1 N–H and O–H groups in total. The van der Waals surface area contributed by atoms with Gasteiger partial charge in [0, 0.05) is 31.9 Å². The maximum Gasteiger partial charge on any atom is 0.270 e. The molecular formula is C19H16N4O4S. The Morgan fingerprint density at radius 3 is 2.21 bits per heavy atom. The van der Waals surface area contributed by atoms with E-state index in [0.717, 1.165) is 10.6 Å². The molecule has 3 rings (SSSR count). The van der Waals surface area contributed by atoms with Crippen LogP contribution in [0.5, 0.6) is 0 Å². The summed E-state index contributed by atoms with van der Waals surface area (Å²) in [4.78, 5) is 38.6. The van der Waals surface area contributed by atoms with E-state index in [2.05, 4.69) is 5.32 Å². The zero-order chi connectivity index (χ0) is 20.4. The molecule has 1 fully saturated rings. The molecule has 2 amide bonds. The van der Waals surface area contributed by atoms with Gasteiger partial charge in [-0.3, -0.25) is 29.9 Å². The molecule has 142 valence electrons. The van der Waals surface area contributed by atoms with Crippen molar-refractivity contribution < 1.29 is 14.5 Å². The Kier molecular flexibility index (Phi) is 5.18. The zero-order valence-corrected chi connectivity index (χ0v) is 15.9. The largest absolute Gasteiger partial charge is 0.378 e. The number of nitro benzene ring substituents is 1. The number of thiocarbonyl (C=S) groups is 1. The Bertz CT molecular complexity index is 998. The fraction of sp³-hybridized carbons (Fsp3) is 0.105. The van der Waals surface area contributed by atoms with Gasteiger partial charge in [0.15, 0.2) is 5.11 Å². The van der Waals surface area contributed by atoms with Crippen molar-refractivity contribution in [1.29, 1.82) is 0 Å². The molecule has 0 bridgehead atoms. The molecule has 1 aliphatic heterocycles. The lowest BCUT2D eigenvalue weighted by atomic mass is 10.1. The SMILES string of the molecule is CN(C)c1ccc(C=C2C(=O)NC(=S)N(c3ccc([N+](=O)[O-])cc3)C2=O)cc1. The summed E-state index contributed by atoms with van der Waals surface area (Å²) >= 11 is 5.12. The van der Waals surface area contributed by atoms with Crippen LogP contribution in [0, 0.1) is 10.1 Å². The minimum Gasteiger partial charge on any atom is -0.378 e. The van der Waals surface area contributed by atoms with Gasteiger partial charge in [-0.1, -0.05) is 12.1 Å². The topological polar surface area (TPSA) is 95.8 Å². The van der Waals surface area contributed by atoms with Gasteiger partial charge in [0.05, 0.1) is 10.6 Å². The standard InChI is InChI=1S/C19H16N4O4S/c1-21(2)13-5-3-12(4-6-13)11-16-17(24)20-19(28)22(18(16)25)14-7-9-15(10-8-14)23(26)27/h3-11H,1-2H3,(H,20,24,28). The Hall–Kier alpha value is -3.59. The molecule has 0 spiro atoms. The van der Waals surface area contributed by atoms with Crippen LogP contribution in [-0.2, 0) is 9.59 Å². The van der Waals surface area contributed by atoms with Gasteiger partial charge in [-0.15, -0.1) is 0 Å². The first-order valence-corrected chi connectivity index (χ1v) is 8.62. The van der Waals surface area contributed by atoms with Gasteiger partial charge < -0.3 is 4.90 Å². The summed E-state index contributed by atoms with van der Waals surface area (Å²) in [6.45, 7) is 0. The van der Waals surface area contributed by atoms with Crippen LogP contribution in [0.2, 0.25) is 0 Å². The van der Waals surface area contributed by atoms with Gasteiger partial charge in [-0.2, -0.15) is 0 Å². The van der Waals surface area contributed by atoms with Crippen LogP contribution in [0.3, 0.4) is 0 Å². The minimum absolute atomic E-state index is 0.0791. The number of nitrogens with zero attached hydrogens (tertiary/aromatic N) is 3. The number of benzene rings is 2. The molecule has 0 atom stereocenters. The smallest absolute Gasteiger partial charge is 0.270 e. The van der Waals surface area contributed by atoms with Crippen molar-refractivity contribution in [2.75, 3.05) is 23.9 Å². The predicted molar refractivity (Wildman–Crippen MR) is 110 cm³/mol. The predicted octanol–water partition coefficient (Wildman–Crippen LogP) is 2.49. The number of carbonyl (C=O) groups excluding carboxylic acids is 2. The van der Waals surface area contributed by atoms with Crippen LogP contribution in [-0.4, -0.2) is 35.9 Å². The molecular weight excluding hydrogens is 380 g/mol. The Morgan fingerprint density at radius 2 is 1.68 bits per heavy atom. The van der Waals surface area contributed by atoms with Crippen molar-refractivity contribution in [1.82, 2.24) is 5.32 Å². The minimum atomic E-state index is -0.598. The van der Waals surface area contributed by atoms with Crippen molar-refractivity contribution in [2.24, 2.45) is 0 Å². The molecule has 9 heteroatoms. The van der Waals surface area contributed by atoms with Crippen LogP contribution < -0.4 is 15.1 Å². The first-order chi connectivity index (χ1) is 13.3. The molecule has 2 aromatic rings. The molecule has 0 saturated carbocycles. The first kappa shape index (κ1) is 19.2. The van der Waals surface area contributed by atoms with E-state index in [4.69, 9.17) is 12.2 Å². The Labute approximate surface area is 166 Å². The van der Waals surface area contributed by atoms with E-state index in [0.29, 0.717) is 11.3 Å². The highest BCUT2D eigenvalue weighted by Crippen LogP contribution is 2.24. The van der Waals surface area contributed by atoms with E-state index in [1.54, 1.807) is 12.1 Å². The van der Waals surface area contributed by atoms with Crippen molar-refractivity contribution >= 4 is 52.3 Å². The van der Waals surface area contributed by atoms with Crippen molar-refractivity contribution in [2.45, 2.75) is 0 Å². The molecule has 1 saturated heterocycles. The monoisotopic (exact) mass is 396 g/mol.